The fraction of sp³-hybridized carbons (Fsp3) is 0.889. The second-order valence-corrected chi connectivity index (χ2v) is 3.81. The third-order valence-electron chi connectivity index (χ3n) is 2.27. The highest BCUT2D eigenvalue weighted by Gasteiger charge is 2.23. The summed E-state index contributed by atoms with van der Waals surface area (Å²) in [6, 6.07) is 0.788. The molecule has 1 aliphatic heterocycles. The van der Waals surface area contributed by atoms with Gasteiger partial charge in [0.25, 0.3) is 0 Å². The zero-order chi connectivity index (χ0) is 9.84. The molecule has 1 aliphatic rings. The minimum atomic E-state index is 0.183. The molecule has 0 radical (unpaired) electrons. The van der Waals surface area contributed by atoms with Crippen LogP contribution in [0.25, 0.3) is 0 Å². The van der Waals surface area contributed by atoms with Crippen LogP contribution in [0.3, 0.4) is 0 Å². The maximum absolute atomic E-state index is 11.5. The van der Waals surface area contributed by atoms with Gasteiger partial charge in [0.2, 0.25) is 5.91 Å². The Kier molecular flexibility index (Phi) is 3.69. The lowest BCUT2D eigenvalue weighted by molar-refractivity contribution is -0.132. The van der Waals surface area contributed by atoms with Gasteiger partial charge in [-0.05, 0) is 13.8 Å². The molecule has 4 heteroatoms. The Balaban J connectivity index is 2.45. The second kappa shape index (κ2) is 4.58. The maximum atomic E-state index is 11.5. The number of carbonyl (C=O) groups excluding carboxylic acids is 1. The van der Waals surface area contributed by atoms with Crippen molar-refractivity contribution in [1.29, 1.82) is 0 Å². The smallest absolute Gasteiger partial charge is 0.223 e. The molecule has 0 aromatic rings. The summed E-state index contributed by atoms with van der Waals surface area (Å²) in [6.45, 7) is 6.26. The van der Waals surface area contributed by atoms with Crippen LogP contribution in [-0.2, 0) is 4.79 Å². The van der Waals surface area contributed by atoms with Crippen LogP contribution in [0.4, 0.5) is 0 Å². The normalized spacial score (nSPS) is 29.0. The molecule has 1 saturated heterocycles. The molecule has 1 rings (SSSR count). The first-order chi connectivity index (χ1) is 6.13. The number of nitrogens with two attached hydrogens (primary N) is 1. The molecule has 76 valence electrons. The Morgan fingerprint density at radius 3 is 2.46 bits per heavy atom. The molecule has 0 aliphatic carbocycles. The van der Waals surface area contributed by atoms with E-state index in [4.69, 9.17) is 5.73 Å². The average Bonchev–Trinajstić information content (AvgIpc) is 2.03. The van der Waals surface area contributed by atoms with Crippen molar-refractivity contribution in [3.05, 3.63) is 0 Å². The van der Waals surface area contributed by atoms with Crippen molar-refractivity contribution in [1.82, 2.24) is 10.2 Å². The Morgan fingerprint density at radius 2 is 2.00 bits per heavy atom. The van der Waals surface area contributed by atoms with Gasteiger partial charge < -0.3 is 16.0 Å². The van der Waals surface area contributed by atoms with Crippen LogP contribution < -0.4 is 11.1 Å². The van der Waals surface area contributed by atoms with Crippen molar-refractivity contribution in [2.24, 2.45) is 5.73 Å². The van der Waals surface area contributed by atoms with Crippen LogP contribution in [0.1, 0.15) is 20.3 Å². The number of rotatable bonds is 2. The van der Waals surface area contributed by atoms with Crippen LogP contribution in [0.2, 0.25) is 0 Å². The van der Waals surface area contributed by atoms with Crippen LogP contribution in [-0.4, -0.2) is 42.5 Å². The molecule has 0 bridgehead atoms. The van der Waals surface area contributed by atoms with Crippen LogP contribution >= 0.6 is 0 Å². The number of piperazine rings is 1. The third kappa shape index (κ3) is 2.97. The molecule has 13 heavy (non-hydrogen) atoms. The summed E-state index contributed by atoms with van der Waals surface area (Å²) in [7, 11) is 0. The van der Waals surface area contributed by atoms with Crippen molar-refractivity contribution in [3.8, 4) is 0 Å². The van der Waals surface area contributed by atoms with Crippen molar-refractivity contribution >= 4 is 5.91 Å². The van der Waals surface area contributed by atoms with E-state index in [-0.39, 0.29) is 5.91 Å². The van der Waals surface area contributed by atoms with Gasteiger partial charge in [0.15, 0.2) is 0 Å². The average molecular weight is 185 g/mol. The highest BCUT2D eigenvalue weighted by Crippen LogP contribution is 2.05. The topological polar surface area (TPSA) is 58.4 Å². The standard InChI is InChI=1S/C9H19N3O/c1-7-5-12(6-8(2)11-7)9(13)3-4-10/h7-8,11H,3-6,10H2,1-2H3. The number of nitrogens with zero attached hydrogens (tertiary/aromatic N) is 1. The molecule has 0 aromatic heterocycles. The number of amides is 1. The summed E-state index contributed by atoms with van der Waals surface area (Å²) in [5.74, 6) is 0.183. The van der Waals surface area contributed by atoms with Gasteiger partial charge >= 0.3 is 0 Å². The molecular weight excluding hydrogens is 166 g/mol. The molecule has 3 N–H and O–H groups in total. The first-order valence-electron chi connectivity index (χ1n) is 4.87. The highest BCUT2D eigenvalue weighted by atomic mass is 16.2. The van der Waals surface area contributed by atoms with E-state index in [1.54, 1.807) is 0 Å². The summed E-state index contributed by atoms with van der Waals surface area (Å²) in [6.07, 6.45) is 0.472. The minimum Gasteiger partial charge on any atom is -0.340 e. The number of nitrogens with one attached hydrogen (secondary N) is 1. The van der Waals surface area contributed by atoms with Crippen molar-refractivity contribution in [2.75, 3.05) is 19.6 Å². The number of carbonyl (C=O) groups is 1. The lowest BCUT2D eigenvalue weighted by Crippen LogP contribution is -2.56. The molecule has 1 amide bonds. The van der Waals surface area contributed by atoms with E-state index >= 15 is 0 Å². The quantitative estimate of drug-likeness (QED) is 0.612. The van der Waals surface area contributed by atoms with Gasteiger partial charge in [-0.3, -0.25) is 4.79 Å². The van der Waals surface area contributed by atoms with Gasteiger partial charge in [-0.1, -0.05) is 0 Å². The molecule has 0 saturated carbocycles. The van der Waals surface area contributed by atoms with Crippen molar-refractivity contribution in [3.63, 3.8) is 0 Å². The first-order valence-corrected chi connectivity index (χ1v) is 4.87. The zero-order valence-corrected chi connectivity index (χ0v) is 8.42. The summed E-state index contributed by atoms with van der Waals surface area (Å²) >= 11 is 0. The second-order valence-electron chi connectivity index (χ2n) is 3.81. The fourth-order valence-corrected chi connectivity index (χ4v) is 1.81. The van der Waals surface area contributed by atoms with E-state index in [1.165, 1.54) is 0 Å². The molecule has 1 fully saturated rings. The molecule has 2 atom stereocenters. The number of hydrogen-bond donors (Lipinski definition) is 2. The Bertz CT molecular complexity index is 174. The maximum Gasteiger partial charge on any atom is 0.223 e. The molecular formula is C9H19N3O. The van der Waals surface area contributed by atoms with Gasteiger partial charge in [-0.15, -0.1) is 0 Å². The van der Waals surface area contributed by atoms with Gasteiger partial charge in [-0.2, -0.15) is 0 Å². The predicted molar refractivity (Wildman–Crippen MR) is 52.3 cm³/mol. The number of hydrogen-bond acceptors (Lipinski definition) is 3. The lowest BCUT2D eigenvalue weighted by atomic mass is 10.1. The zero-order valence-electron chi connectivity index (χ0n) is 8.42. The summed E-state index contributed by atoms with van der Waals surface area (Å²) in [4.78, 5) is 13.4. The van der Waals surface area contributed by atoms with Crippen molar-refractivity contribution < 1.29 is 4.79 Å². The largest absolute Gasteiger partial charge is 0.340 e. The van der Waals surface area contributed by atoms with Crippen molar-refractivity contribution in [2.45, 2.75) is 32.4 Å². The molecule has 1 heterocycles. The van der Waals surface area contributed by atoms with E-state index < -0.39 is 0 Å². The summed E-state index contributed by atoms with van der Waals surface area (Å²) < 4.78 is 0. The monoisotopic (exact) mass is 185 g/mol. The van der Waals surface area contributed by atoms with E-state index in [9.17, 15) is 4.79 Å². The Morgan fingerprint density at radius 1 is 1.46 bits per heavy atom. The minimum absolute atomic E-state index is 0.183. The SMILES string of the molecule is CC1CN(C(=O)CCN)CC(C)N1. The van der Waals surface area contributed by atoms with E-state index in [0.29, 0.717) is 25.0 Å². The van der Waals surface area contributed by atoms with Gasteiger partial charge in [0, 0.05) is 38.1 Å². The lowest BCUT2D eigenvalue weighted by Gasteiger charge is -2.36. The van der Waals surface area contributed by atoms with Gasteiger partial charge in [-0.25, -0.2) is 0 Å². The van der Waals surface area contributed by atoms with E-state index in [2.05, 4.69) is 19.2 Å². The van der Waals surface area contributed by atoms with Crippen LogP contribution in [0.5, 0.6) is 0 Å². The molecule has 4 nitrogen and oxygen atoms in total. The van der Waals surface area contributed by atoms with Crippen LogP contribution in [0, 0.1) is 0 Å². The predicted octanol–water partition coefficient (Wildman–Crippen LogP) is -0.456. The molecule has 2 unspecified atom stereocenters. The Labute approximate surface area is 79.5 Å². The third-order valence-corrected chi connectivity index (χ3v) is 2.27. The van der Waals surface area contributed by atoms with E-state index in [0.717, 1.165) is 13.1 Å². The Hall–Kier alpha value is -0.610. The molecule has 0 aromatic carbocycles. The first kappa shape index (κ1) is 10.5. The highest BCUT2D eigenvalue weighted by molar-refractivity contribution is 5.76. The summed E-state index contributed by atoms with van der Waals surface area (Å²) in [5.41, 5.74) is 5.34. The molecule has 0 spiro atoms. The summed E-state index contributed by atoms with van der Waals surface area (Å²) in [5, 5.41) is 3.38. The van der Waals surface area contributed by atoms with Gasteiger partial charge in [0.05, 0.1) is 0 Å². The fourth-order valence-electron chi connectivity index (χ4n) is 1.81. The van der Waals surface area contributed by atoms with E-state index in [1.807, 2.05) is 4.90 Å². The van der Waals surface area contributed by atoms with Gasteiger partial charge in [0.1, 0.15) is 0 Å². The van der Waals surface area contributed by atoms with Crippen LogP contribution in [0.15, 0.2) is 0 Å².